The molecule has 1 amide bonds. The number of nitrogen functional groups attached to an aromatic ring is 1. The van der Waals surface area contributed by atoms with Crippen LogP contribution in [0.4, 0.5) is 5.69 Å². The van der Waals surface area contributed by atoms with E-state index in [2.05, 4.69) is 20.9 Å². The standard InChI is InChI=1S/C8H10N6O/c9-7-3-1-6(2-4-7)8(15)13-14-12-5-11-10/h1-5H,9-10H2,(H,11,12,13,15). The van der Waals surface area contributed by atoms with Crippen molar-refractivity contribution >= 4 is 17.9 Å². The highest BCUT2D eigenvalue weighted by Crippen LogP contribution is 2.04. The number of nitrogens with zero attached hydrogens (tertiary/aromatic N) is 3. The minimum absolute atomic E-state index is 0.385. The molecule has 0 saturated carbocycles. The highest BCUT2D eigenvalue weighted by atomic mass is 16.2. The zero-order valence-electron chi connectivity index (χ0n) is 7.79. The molecule has 78 valence electrons. The normalized spacial score (nSPS) is 10.9. The summed E-state index contributed by atoms with van der Waals surface area (Å²) in [6.07, 6.45) is 1.00. The average molecular weight is 206 g/mol. The van der Waals surface area contributed by atoms with Crippen LogP contribution in [0.25, 0.3) is 0 Å². The molecule has 15 heavy (non-hydrogen) atoms. The van der Waals surface area contributed by atoms with Crippen LogP contribution in [0.2, 0.25) is 0 Å². The zero-order valence-corrected chi connectivity index (χ0v) is 7.79. The molecule has 1 rings (SSSR count). The van der Waals surface area contributed by atoms with Crippen molar-refractivity contribution in [2.24, 2.45) is 21.3 Å². The Balaban J connectivity index is 2.58. The Labute approximate surface area is 85.8 Å². The predicted octanol–water partition coefficient (Wildman–Crippen LogP) is 0.268. The Morgan fingerprint density at radius 3 is 2.60 bits per heavy atom. The fourth-order valence-corrected chi connectivity index (χ4v) is 0.829. The van der Waals surface area contributed by atoms with E-state index in [0.717, 1.165) is 6.34 Å². The lowest BCUT2D eigenvalue weighted by molar-refractivity contribution is 0.0952. The number of hydrazone groups is 1. The molecular weight excluding hydrogens is 196 g/mol. The summed E-state index contributed by atoms with van der Waals surface area (Å²) in [4.78, 5) is 11.3. The van der Waals surface area contributed by atoms with Crippen LogP contribution in [0, 0.1) is 0 Å². The van der Waals surface area contributed by atoms with Crippen molar-refractivity contribution in [3.8, 4) is 0 Å². The number of hydrogen-bond donors (Lipinski definition) is 3. The quantitative estimate of drug-likeness (QED) is 0.164. The molecule has 0 bridgehead atoms. The third-order valence-electron chi connectivity index (χ3n) is 1.50. The topological polar surface area (TPSA) is 118 Å². The molecule has 5 N–H and O–H groups in total. The number of benzene rings is 1. The number of hydrogen-bond acceptors (Lipinski definition) is 5. The monoisotopic (exact) mass is 206 g/mol. The molecular formula is C8H10N6O. The second-order valence-corrected chi connectivity index (χ2v) is 2.54. The lowest BCUT2D eigenvalue weighted by atomic mass is 10.2. The molecule has 0 radical (unpaired) electrons. The lowest BCUT2D eigenvalue weighted by Gasteiger charge is -1.98. The van der Waals surface area contributed by atoms with E-state index in [1.165, 1.54) is 0 Å². The number of amides is 1. The van der Waals surface area contributed by atoms with Crippen molar-refractivity contribution in [3.63, 3.8) is 0 Å². The van der Waals surface area contributed by atoms with Crippen LogP contribution in [-0.4, -0.2) is 12.2 Å². The fourth-order valence-electron chi connectivity index (χ4n) is 0.829. The van der Waals surface area contributed by atoms with Crippen LogP contribution < -0.4 is 17.0 Å². The Morgan fingerprint density at radius 2 is 2.00 bits per heavy atom. The Bertz CT molecular complexity index is 383. The summed E-state index contributed by atoms with van der Waals surface area (Å²) in [5.74, 6) is 4.38. The van der Waals surface area contributed by atoms with Gasteiger partial charge < -0.3 is 11.6 Å². The van der Waals surface area contributed by atoms with Gasteiger partial charge in [0.15, 0.2) is 6.34 Å². The van der Waals surface area contributed by atoms with E-state index >= 15 is 0 Å². The second-order valence-electron chi connectivity index (χ2n) is 2.54. The third kappa shape index (κ3) is 3.43. The van der Waals surface area contributed by atoms with E-state index in [4.69, 9.17) is 11.6 Å². The lowest BCUT2D eigenvalue weighted by Crippen LogP contribution is -2.16. The summed E-state index contributed by atoms with van der Waals surface area (Å²) >= 11 is 0. The summed E-state index contributed by atoms with van der Waals surface area (Å²) in [7, 11) is 0. The minimum Gasteiger partial charge on any atom is -0.399 e. The number of carbonyl (C=O) groups is 1. The van der Waals surface area contributed by atoms with Gasteiger partial charge in [0.2, 0.25) is 0 Å². The maximum Gasteiger partial charge on any atom is 0.272 e. The first kappa shape index (κ1) is 10.6. The van der Waals surface area contributed by atoms with Gasteiger partial charge >= 0.3 is 0 Å². The molecule has 7 heteroatoms. The molecule has 0 aliphatic heterocycles. The molecule has 0 aliphatic carbocycles. The summed E-state index contributed by atoms with van der Waals surface area (Å²) in [5, 5.41) is 9.71. The minimum atomic E-state index is -0.385. The van der Waals surface area contributed by atoms with Crippen molar-refractivity contribution in [1.29, 1.82) is 0 Å². The van der Waals surface area contributed by atoms with Crippen LogP contribution in [0.3, 0.4) is 0 Å². The first-order valence-corrected chi connectivity index (χ1v) is 4.01. The number of anilines is 1. The molecule has 1 aromatic rings. The molecule has 0 aliphatic rings. The smallest absolute Gasteiger partial charge is 0.272 e. The summed E-state index contributed by atoms with van der Waals surface area (Å²) < 4.78 is 0. The first-order valence-electron chi connectivity index (χ1n) is 4.01. The predicted molar refractivity (Wildman–Crippen MR) is 55.9 cm³/mol. The zero-order chi connectivity index (χ0) is 11.1. The van der Waals surface area contributed by atoms with Gasteiger partial charge in [-0.3, -0.25) is 4.79 Å². The van der Waals surface area contributed by atoms with Crippen molar-refractivity contribution in [3.05, 3.63) is 29.8 Å². The van der Waals surface area contributed by atoms with Gasteiger partial charge in [-0.05, 0) is 24.3 Å². The molecule has 0 atom stereocenters. The highest BCUT2D eigenvalue weighted by Gasteiger charge is 2.02. The summed E-state index contributed by atoms with van der Waals surface area (Å²) in [5.41, 5.74) is 8.67. The van der Waals surface area contributed by atoms with Gasteiger partial charge in [-0.1, -0.05) is 5.22 Å². The van der Waals surface area contributed by atoms with E-state index < -0.39 is 0 Å². The Hall–Kier alpha value is -2.44. The van der Waals surface area contributed by atoms with E-state index in [-0.39, 0.29) is 5.91 Å². The fraction of sp³-hybridized carbons (Fsp3) is 0. The van der Waals surface area contributed by atoms with Crippen LogP contribution in [0.1, 0.15) is 10.4 Å². The van der Waals surface area contributed by atoms with Gasteiger partial charge in [-0.15, -0.1) is 5.11 Å². The molecule has 7 nitrogen and oxygen atoms in total. The van der Waals surface area contributed by atoms with Gasteiger partial charge in [0, 0.05) is 11.3 Å². The van der Waals surface area contributed by atoms with E-state index in [9.17, 15) is 4.79 Å². The highest BCUT2D eigenvalue weighted by molar-refractivity contribution is 5.94. The summed E-state index contributed by atoms with van der Waals surface area (Å²) in [6.45, 7) is 0. The molecule has 0 fully saturated rings. The second kappa shape index (κ2) is 5.32. The van der Waals surface area contributed by atoms with Crippen molar-refractivity contribution in [1.82, 2.24) is 5.43 Å². The first-order chi connectivity index (χ1) is 7.24. The molecule has 0 aromatic heterocycles. The number of carbonyl (C=O) groups excluding carboxylic acids is 1. The molecule has 0 saturated heterocycles. The number of nitrogens with one attached hydrogen (secondary N) is 1. The van der Waals surface area contributed by atoms with Crippen LogP contribution in [0.15, 0.2) is 39.7 Å². The van der Waals surface area contributed by atoms with E-state index in [1.54, 1.807) is 24.3 Å². The van der Waals surface area contributed by atoms with E-state index in [0.29, 0.717) is 11.3 Å². The van der Waals surface area contributed by atoms with E-state index in [1.807, 2.05) is 0 Å². The maximum atomic E-state index is 11.3. The number of nitrogens with two attached hydrogens (primary N) is 2. The molecule has 0 spiro atoms. The number of rotatable bonds is 3. The van der Waals surface area contributed by atoms with Gasteiger partial charge in [0.05, 0.1) is 0 Å². The van der Waals surface area contributed by atoms with Crippen LogP contribution in [0.5, 0.6) is 0 Å². The van der Waals surface area contributed by atoms with Gasteiger partial charge in [0.25, 0.3) is 5.91 Å². The third-order valence-corrected chi connectivity index (χ3v) is 1.50. The van der Waals surface area contributed by atoms with Crippen LogP contribution in [-0.2, 0) is 0 Å². The van der Waals surface area contributed by atoms with Crippen LogP contribution >= 0.6 is 0 Å². The van der Waals surface area contributed by atoms with Crippen molar-refractivity contribution < 1.29 is 4.79 Å². The largest absolute Gasteiger partial charge is 0.399 e. The summed E-state index contributed by atoms with van der Waals surface area (Å²) in [6, 6.07) is 6.40. The SMILES string of the molecule is NN=CN=NNC(=O)c1ccc(N)cc1. The van der Waals surface area contributed by atoms with Gasteiger partial charge in [-0.25, -0.2) is 5.43 Å². The molecule has 0 heterocycles. The van der Waals surface area contributed by atoms with Crippen molar-refractivity contribution in [2.45, 2.75) is 0 Å². The maximum absolute atomic E-state index is 11.3. The average Bonchev–Trinajstić information content (AvgIpc) is 2.25. The Morgan fingerprint density at radius 1 is 1.33 bits per heavy atom. The molecule has 0 unspecified atom stereocenters. The Kier molecular flexibility index (Phi) is 3.78. The molecule has 1 aromatic carbocycles. The van der Waals surface area contributed by atoms with Gasteiger partial charge in [0.1, 0.15) is 0 Å². The van der Waals surface area contributed by atoms with Gasteiger partial charge in [-0.2, -0.15) is 5.10 Å². The van der Waals surface area contributed by atoms with Crippen molar-refractivity contribution in [2.75, 3.05) is 5.73 Å².